The molecular weight excluding hydrogens is 802 g/mol. The van der Waals surface area contributed by atoms with Crippen molar-refractivity contribution in [1.29, 1.82) is 0 Å². The van der Waals surface area contributed by atoms with E-state index < -0.39 is 14.2 Å². The minimum atomic E-state index is -3.17. The number of pyridine rings is 2. The normalized spacial score (nSPS) is 13.7. The summed E-state index contributed by atoms with van der Waals surface area (Å²) in [5, 5.41) is 10.4. The lowest BCUT2D eigenvalue weighted by molar-refractivity contribution is 0.402. The molecule has 7 heteroatoms. The molecule has 0 N–H and O–H groups in total. The molecule has 4 aromatic heterocycles. The summed E-state index contributed by atoms with van der Waals surface area (Å²) >= 11 is 0. The number of nitrogens with zero attached hydrogens (tertiary/aromatic N) is 5. The first-order valence-electron chi connectivity index (χ1n) is 21.7. The van der Waals surface area contributed by atoms with Gasteiger partial charge in [-0.3, -0.25) is 8.97 Å². The largest absolute Gasteiger partial charge is 0.311 e. The van der Waals surface area contributed by atoms with Gasteiger partial charge in [-0.2, -0.15) is 0 Å². The molecule has 1 unspecified atom stereocenters. The van der Waals surface area contributed by atoms with Gasteiger partial charge in [0.05, 0.1) is 11.0 Å². The van der Waals surface area contributed by atoms with Crippen LogP contribution in [0, 0.1) is 0 Å². The average molecular weight is 840 g/mol. The van der Waals surface area contributed by atoms with Crippen molar-refractivity contribution in [1.82, 2.24) is 18.9 Å². The predicted octanol–water partition coefficient (Wildman–Crippen LogP) is 11.4. The second-order valence-corrected chi connectivity index (χ2v) is 20.3. The van der Waals surface area contributed by atoms with E-state index in [-0.39, 0.29) is 0 Å². The van der Waals surface area contributed by atoms with Crippen LogP contribution < -0.4 is 25.6 Å². The molecule has 0 saturated heterocycles. The Morgan fingerprint density at radius 3 is 1.92 bits per heavy atom. The number of aromatic nitrogens is 4. The van der Waals surface area contributed by atoms with Gasteiger partial charge in [-0.1, -0.05) is 146 Å². The van der Waals surface area contributed by atoms with E-state index in [1.807, 2.05) is 67.1 Å². The SMILES string of the molecule is FC(c1cccc(-n2c3ncccc3c3ccc4c(c32)[Si](c2ccccc2)(c2ccccc2)c2ccccc2N4c2ccccc2)c1)c1ccc2c3ccccc3n3ccnc3c2c1. The monoisotopic (exact) mass is 839 g/mol. The summed E-state index contributed by atoms with van der Waals surface area (Å²) in [5.41, 5.74) is 9.16. The molecule has 0 radical (unpaired) electrons. The number of halogens is 1. The number of para-hydroxylation sites is 3. The van der Waals surface area contributed by atoms with Crippen LogP contribution in [0.5, 0.6) is 0 Å². The van der Waals surface area contributed by atoms with Gasteiger partial charge in [0.25, 0.3) is 0 Å². The molecule has 0 fully saturated rings. The third-order valence-corrected chi connectivity index (χ3v) is 18.2. The molecule has 13 rings (SSSR count). The Balaban J connectivity index is 1.10. The van der Waals surface area contributed by atoms with E-state index in [4.69, 9.17) is 9.97 Å². The zero-order chi connectivity index (χ0) is 42.4. The highest BCUT2D eigenvalue weighted by molar-refractivity contribution is 7.22. The standard InChI is InChI=1S/C57H38FN5Si/c58-53(39-29-30-44-45-24-10-11-26-49(45)61-35-34-60-56(61)48(44)37-39)38-16-14-19-41(36-38)63-54-46(47-25-15-33-59-57(47)63)31-32-51-55(54)64(42-20-6-2-7-21-42,43-22-8-3-9-23-43)52-28-13-12-27-50(52)62(51)40-17-4-1-5-18-40/h1-37,53H. The van der Waals surface area contributed by atoms with Crippen LogP contribution in [0.3, 0.4) is 0 Å². The smallest absolute Gasteiger partial charge is 0.186 e. The fraction of sp³-hybridized carbons (Fsp3) is 0.0175. The number of alkyl halides is 1. The maximum Gasteiger partial charge on any atom is 0.186 e. The summed E-state index contributed by atoms with van der Waals surface area (Å²) in [4.78, 5) is 12.3. The molecule has 0 bridgehead atoms. The number of benzene rings is 8. The Morgan fingerprint density at radius 1 is 0.453 bits per heavy atom. The van der Waals surface area contributed by atoms with Crippen LogP contribution in [0.4, 0.5) is 21.5 Å². The Bertz CT molecular complexity index is 3730. The van der Waals surface area contributed by atoms with Crippen LogP contribution in [-0.2, 0) is 0 Å². The number of rotatable bonds is 6. The van der Waals surface area contributed by atoms with E-state index in [2.05, 4.69) is 172 Å². The average Bonchev–Trinajstić information content (AvgIpc) is 4.00. The second-order valence-electron chi connectivity index (χ2n) is 16.6. The number of hydrogen-bond donors (Lipinski definition) is 0. The van der Waals surface area contributed by atoms with Crippen molar-refractivity contribution in [3.8, 4) is 5.69 Å². The summed E-state index contributed by atoms with van der Waals surface area (Å²) in [7, 11) is -3.17. The molecule has 0 saturated carbocycles. The van der Waals surface area contributed by atoms with Gasteiger partial charge >= 0.3 is 0 Å². The van der Waals surface area contributed by atoms with Crippen molar-refractivity contribution in [3.63, 3.8) is 0 Å². The highest BCUT2D eigenvalue weighted by Crippen LogP contribution is 2.43. The van der Waals surface area contributed by atoms with E-state index in [0.29, 0.717) is 11.1 Å². The van der Waals surface area contributed by atoms with Gasteiger partial charge in [0.15, 0.2) is 14.2 Å². The molecule has 302 valence electrons. The lowest BCUT2D eigenvalue weighted by atomic mass is 9.98. The summed E-state index contributed by atoms with van der Waals surface area (Å²) in [5.74, 6) is 0. The summed E-state index contributed by atoms with van der Waals surface area (Å²) < 4.78 is 21.9. The molecule has 5 nitrogen and oxygen atoms in total. The Morgan fingerprint density at radius 2 is 1.11 bits per heavy atom. The van der Waals surface area contributed by atoms with Gasteiger partial charge in [0.2, 0.25) is 0 Å². The van der Waals surface area contributed by atoms with E-state index in [0.717, 1.165) is 66.3 Å². The van der Waals surface area contributed by atoms with Crippen molar-refractivity contribution in [2.45, 2.75) is 6.17 Å². The maximum absolute atomic E-state index is 17.5. The highest BCUT2D eigenvalue weighted by Gasteiger charge is 2.50. The molecule has 12 aromatic rings. The third-order valence-electron chi connectivity index (χ3n) is 13.4. The lowest BCUT2D eigenvalue weighted by Crippen LogP contribution is -2.77. The van der Waals surface area contributed by atoms with Crippen molar-refractivity contribution < 1.29 is 4.39 Å². The molecule has 1 aliphatic heterocycles. The van der Waals surface area contributed by atoms with Crippen molar-refractivity contribution in [2.75, 3.05) is 4.90 Å². The summed E-state index contributed by atoms with van der Waals surface area (Å²) in [6.07, 6.45) is 4.26. The minimum absolute atomic E-state index is 0.568. The number of imidazole rings is 1. The first-order chi connectivity index (χ1) is 31.7. The zero-order valence-electron chi connectivity index (χ0n) is 34.6. The third kappa shape index (κ3) is 5.16. The van der Waals surface area contributed by atoms with Gasteiger partial charge in [0.1, 0.15) is 11.3 Å². The Kier molecular flexibility index (Phi) is 8.10. The van der Waals surface area contributed by atoms with Gasteiger partial charge in [-0.15, -0.1) is 0 Å². The summed E-state index contributed by atoms with van der Waals surface area (Å²) in [6.45, 7) is 0. The van der Waals surface area contributed by atoms with Crippen LogP contribution >= 0.6 is 0 Å². The number of hydrogen-bond acceptors (Lipinski definition) is 3. The van der Waals surface area contributed by atoms with E-state index in [1.54, 1.807) is 0 Å². The van der Waals surface area contributed by atoms with Gasteiger partial charge in [-0.05, 0) is 92.7 Å². The van der Waals surface area contributed by atoms with Gasteiger partial charge in [0, 0.05) is 68.1 Å². The quantitative estimate of drug-likeness (QED) is 0.124. The Hall–Kier alpha value is -8.13. The van der Waals surface area contributed by atoms with Crippen LogP contribution in [0.1, 0.15) is 17.3 Å². The minimum Gasteiger partial charge on any atom is -0.311 e. The molecule has 0 amide bonds. The van der Waals surface area contributed by atoms with Crippen LogP contribution in [0.15, 0.2) is 225 Å². The number of anilines is 3. The molecule has 0 spiro atoms. The van der Waals surface area contributed by atoms with Crippen molar-refractivity contribution >= 4 is 95.1 Å². The number of fused-ring (bicyclic) bond motifs is 12. The first kappa shape index (κ1) is 36.5. The van der Waals surface area contributed by atoms with Crippen LogP contribution in [-0.4, -0.2) is 27.0 Å². The molecular formula is C57H38FN5Si. The molecule has 64 heavy (non-hydrogen) atoms. The van der Waals surface area contributed by atoms with Gasteiger partial charge in [-0.25, -0.2) is 14.4 Å². The van der Waals surface area contributed by atoms with E-state index in [1.165, 1.54) is 26.4 Å². The molecule has 5 heterocycles. The molecule has 0 aliphatic carbocycles. The van der Waals surface area contributed by atoms with E-state index in [9.17, 15) is 0 Å². The predicted molar refractivity (Wildman–Crippen MR) is 264 cm³/mol. The molecule has 8 aromatic carbocycles. The fourth-order valence-corrected chi connectivity index (χ4v) is 16.0. The Labute approximate surface area is 369 Å². The molecule has 1 aliphatic rings. The van der Waals surface area contributed by atoms with E-state index >= 15 is 4.39 Å². The second kappa shape index (κ2) is 14.2. The topological polar surface area (TPSA) is 38.4 Å². The maximum atomic E-state index is 17.5. The van der Waals surface area contributed by atoms with Gasteiger partial charge < -0.3 is 4.90 Å². The highest BCUT2D eigenvalue weighted by atomic mass is 28.3. The lowest BCUT2D eigenvalue weighted by Gasteiger charge is -2.45. The fourth-order valence-electron chi connectivity index (χ4n) is 10.7. The van der Waals surface area contributed by atoms with Crippen LogP contribution in [0.25, 0.3) is 54.9 Å². The van der Waals surface area contributed by atoms with Crippen LogP contribution in [0.2, 0.25) is 0 Å². The summed E-state index contributed by atoms with van der Waals surface area (Å²) in [6, 6.07) is 72.9. The first-order valence-corrected chi connectivity index (χ1v) is 23.7. The van der Waals surface area contributed by atoms with Crippen molar-refractivity contribution in [2.24, 2.45) is 0 Å². The molecule has 1 atom stereocenters. The van der Waals surface area contributed by atoms with Crippen molar-refractivity contribution in [3.05, 3.63) is 236 Å². The zero-order valence-corrected chi connectivity index (χ0v) is 35.6.